The van der Waals surface area contributed by atoms with Gasteiger partial charge >= 0.3 is 0 Å². The van der Waals surface area contributed by atoms with E-state index in [0.717, 1.165) is 17.6 Å². The number of allylic oxidation sites excluding steroid dienone is 1. The van der Waals surface area contributed by atoms with Crippen molar-refractivity contribution in [3.63, 3.8) is 0 Å². The van der Waals surface area contributed by atoms with Crippen LogP contribution in [0.25, 0.3) is 5.57 Å². The maximum absolute atomic E-state index is 12.6. The van der Waals surface area contributed by atoms with Gasteiger partial charge in [0, 0.05) is 12.3 Å². The summed E-state index contributed by atoms with van der Waals surface area (Å²) in [7, 11) is 0. The average molecular weight is 276 g/mol. The highest BCUT2D eigenvalue weighted by Gasteiger charge is 2.48. The number of benzene rings is 2. The lowest BCUT2D eigenvalue weighted by Gasteiger charge is -2.33. The molecule has 0 N–H and O–H groups in total. The molecular formula is C20H20O. The number of carbonyl (C=O) groups is 1. The first-order valence-corrected chi connectivity index (χ1v) is 7.47. The van der Waals surface area contributed by atoms with Gasteiger partial charge in [-0.25, -0.2) is 0 Å². The second kappa shape index (κ2) is 5.33. The number of hydrogen-bond acceptors (Lipinski definition) is 1. The molecule has 0 saturated heterocycles. The third-order valence-electron chi connectivity index (χ3n) is 4.89. The lowest BCUT2D eigenvalue weighted by Crippen LogP contribution is -2.29. The van der Waals surface area contributed by atoms with Gasteiger partial charge in [-0.1, -0.05) is 67.2 Å². The molecule has 0 spiro atoms. The molecule has 1 aliphatic carbocycles. The van der Waals surface area contributed by atoms with Crippen molar-refractivity contribution in [3.8, 4) is 0 Å². The Morgan fingerprint density at radius 3 is 2.24 bits per heavy atom. The van der Waals surface area contributed by atoms with Crippen LogP contribution in [0, 0.1) is 5.41 Å². The number of Topliss-reactive ketones (excluding diaryl/α,β-unsaturated/α-hetero) is 1. The Hall–Kier alpha value is -2.15. The molecule has 1 nitrogen and oxygen atoms in total. The normalized spacial score (nSPS) is 25.0. The standard InChI is InChI=1S/C20H20O/c1-15(16-9-5-3-6-10-16)20(2)18(13-14-19(20)21)17-11-7-4-8-12-17/h3-12,18H,1,13-14H2,2H3/t18-,20-/m1/s1. The number of carbonyl (C=O) groups excluding carboxylic acids is 1. The van der Waals surface area contributed by atoms with E-state index in [4.69, 9.17) is 0 Å². The zero-order valence-corrected chi connectivity index (χ0v) is 12.4. The van der Waals surface area contributed by atoms with Crippen molar-refractivity contribution < 1.29 is 4.79 Å². The van der Waals surface area contributed by atoms with Gasteiger partial charge in [0.2, 0.25) is 0 Å². The maximum Gasteiger partial charge on any atom is 0.143 e. The zero-order chi connectivity index (χ0) is 14.9. The summed E-state index contributed by atoms with van der Waals surface area (Å²) in [4.78, 5) is 12.6. The lowest BCUT2D eigenvalue weighted by atomic mass is 9.69. The highest BCUT2D eigenvalue weighted by molar-refractivity contribution is 6.00. The minimum atomic E-state index is -0.497. The summed E-state index contributed by atoms with van der Waals surface area (Å²) in [6.45, 7) is 6.35. The minimum Gasteiger partial charge on any atom is -0.299 e. The van der Waals surface area contributed by atoms with Crippen LogP contribution >= 0.6 is 0 Å². The summed E-state index contributed by atoms with van der Waals surface area (Å²) in [5.74, 6) is 0.532. The fourth-order valence-electron chi connectivity index (χ4n) is 3.52. The van der Waals surface area contributed by atoms with Gasteiger partial charge in [-0.2, -0.15) is 0 Å². The SMILES string of the molecule is C=C(c1ccccc1)[C@@]1(C)C(=O)CC[C@@H]1c1ccccc1. The van der Waals surface area contributed by atoms with Crippen molar-refractivity contribution in [2.75, 3.05) is 0 Å². The number of ketones is 1. The monoisotopic (exact) mass is 276 g/mol. The van der Waals surface area contributed by atoms with Gasteiger partial charge in [0.15, 0.2) is 0 Å². The summed E-state index contributed by atoms with van der Waals surface area (Å²) in [5, 5.41) is 0. The molecular weight excluding hydrogens is 256 g/mol. The topological polar surface area (TPSA) is 17.1 Å². The summed E-state index contributed by atoms with van der Waals surface area (Å²) >= 11 is 0. The minimum absolute atomic E-state index is 0.221. The van der Waals surface area contributed by atoms with Crippen LogP contribution in [0.1, 0.15) is 36.8 Å². The van der Waals surface area contributed by atoms with E-state index in [0.29, 0.717) is 12.2 Å². The summed E-state index contributed by atoms with van der Waals surface area (Å²) in [6.07, 6.45) is 1.55. The largest absolute Gasteiger partial charge is 0.299 e. The zero-order valence-electron chi connectivity index (χ0n) is 12.4. The van der Waals surface area contributed by atoms with E-state index in [1.807, 2.05) is 48.5 Å². The smallest absolute Gasteiger partial charge is 0.143 e. The molecule has 0 radical (unpaired) electrons. The summed E-state index contributed by atoms with van der Waals surface area (Å²) in [6, 6.07) is 20.4. The Balaban J connectivity index is 2.04. The van der Waals surface area contributed by atoms with Gasteiger partial charge in [0.25, 0.3) is 0 Å². The van der Waals surface area contributed by atoms with Crippen molar-refractivity contribution in [1.29, 1.82) is 0 Å². The quantitative estimate of drug-likeness (QED) is 0.783. The highest BCUT2D eigenvalue weighted by atomic mass is 16.1. The maximum atomic E-state index is 12.6. The fraction of sp³-hybridized carbons (Fsp3) is 0.250. The Morgan fingerprint density at radius 1 is 1.05 bits per heavy atom. The predicted octanol–water partition coefficient (Wildman–Crippen LogP) is 4.85. The second-order valence-corrected chi connectivity index (χ2v) is 5.97. The second-order valence-electron chi connectivity index (χ2n) is 5.97. The van der Waals surface area contributed by atoms with Crippen LogP contribution in [0.4, 0.5) is 0 Å². The molecule has 3 rings (SSSR count). The third-order valence-corrected chi connectivity index (χ3v) is 4.89. The van der Waals surface area contributed by atoms with Crippen LogP contribution in [0.3, 0.4) is 0 Å². The van der Waals surface area contributed by atoms with Crippen LogP contribution in [-0.2, 0) is 4.79 Å². The van der Waals surface area contributed by atoms with Crippen LogP contribution in [0.2, 0.25) is 0 Å². The molecule has 0 bridgehead atoms. The first-order chi connectivity index (χ1) is 10.1. The number of hydrogen-bond donors (Lipinski definition) is 0. The fourth-order valence-corrected chi connectivity index (χ4v) is 3.52. The Morgan fingerprint density at radius 2 is 1.62 bits per heavy atom. The van der Waals surface area contributed by atoms with E-state index in [9.17, 15) is 4.79 Å². The molecule has 1 fully saturated rings. The van der Waals surface area contributed by atoms with E-state index in [1.54, 1.807) is 0 Å². The van der Waals surface area contributed by atoms with Crippen LogP contribution in [0.5, 0.6) is 0 Å². The highest BCUT2D eigenvalue weighted by Crippen LogP contribution is 2.53. The first-order valence-electron chi connectivity index (χ1n) is 7.47. The van der Waals surface area contributed by atoms with Crippen LogP contribution in [-0.4, -0.2) is 5.78 Å². The molecule has 0 amide bonds. The third kappa shape index (κ3) is 2.23. The van der Waals surface area contributed by atoms with Gasteiger partial charge in [0.05, 0.1) is 5.41 Å². The molecule has 0 aliphatic heterocycles. The lowest BCUT2D eigenvalue weighted by molar-refractivity contribution is -0.122. The molecule has 0 heterocycles. The Bertz CT molecular complexity index is 657. The van der Waals surface area contributed by atoms with Crippen molar-refractivity contribution in [3.05, 3.63) is 78.4 Å². The van der Waals surface area contributed by atoms with Crippen LogP contribution < -0.4 is 0 Å². The van der Waals surface area contributed by atoms with E-state index in [-0.39, 0.29) is 5.92 Å². The molecule has 2 aromatic carbocycles. The van der Waals surface area contributed by atoms with Gasteiger partial charge in [-0.15, -0.1) is 0 Å². The van der Waals surface area contributed by atoms with E-state index in [2.05, 4.69) is 25.6 Å². The van der Waals surface area contributed by atoms with Crippen molar-refractivity contribution >= 4 is 11.4 Å². The first kappa shape index (κ1) is 13.8. The molecule has 1 saturated carbocycles. The Kier molecular flexibility index (Phi) is 3.50. The van der Waals surface area contributed by atoms with Gasteiger partial charge < -0.3 is 0 Å². The Labute approximate surface area is 126 Å². The van der Waals surface area contributed by atoms with Gasteiger partial charge in [0.1, 0.15) is 5.78 Å². The molecule has 21 heavy (non-hydrogen) atoms. The van der Waals surface area contributed by atoms with E-state index < -0.39 is 5.41 Å². The van der Waals surface area contributed by atoms with E-state index in [1.165, 1.54) is 5.56 Å². The molecule has 1 aliphatic rings. The molecule has 0 aromatic heterocycles. The van der Waals surface area contributed by atoms with Crippen molar-refractivity contribution in [1.82, 2.24) is 0 Å². The molecule has 0 unspecified atom stereocenters. The van der Waals surface area contributed by atoms with Gasteiger partial charge in [-0.05, 0) is 30.0 Å². The van der Waals surface area contributed by atoms with Crippen molar-refractivity contribution in [2.24, 2.45) is 5.41 Å². The molecule has 1 heteroatoms. The number of rotatable bonds is 3. The van der Waals surface area contributed by atoms with E-state index >= 15 is 0 Å². The summed E-state index contributed by atoms with van der Waals surface area (Å²) < 4.78 is 0. The molecule has 2 atom stereocenters. The molecule has 106 valence electrons. The van der Waals surface area contributed by atoms with Gasteiger partial charge in [-0.3, -0.25) is 4.79 Å². The predicted molar refractivity (Wildman–Crippen MR) is 87.0 cm³/mol. The van der Waals surface area contributed by atoms with Crippen LogP contribution in [0.15, 0.2) is 67.2 Å². The summed E-state index contributed by atoms with van der Waals surface area (Å²) in [5.41, 5.74) is 2.75. The molecule has 2 aromatic rings. The average Bonchev–Trinajstić information content (AvgIpc) is 2.85. The van der Waals surface area contributed by atoms with Crippen molar-refractivity contribution in [2.45, 2.75) is 25.7 Å².